The van der Waals surface area contributed by atoms with Crippen LogP contribution in [-0.2, 0) is 9.63 Å². The maximum absolute atomic E-state index is 13.6. The van der Waals surface area contributed by atoms with Crippen LogP contribution in [0.2, 0.25) is 5.02 Å². The van der Waals surface area contributed by atoms with Crippen LogP contribution in [0.25, 0.3) is 0 Å². The van der Waals surface area contributed by atoms with Crippen molar-refractivity contribution in [1.82, 2.24) is 0 Å². The quantitative estimate of drug-likeness (QED) is 0.435. The Hall–Kier alpha value is -2.66. The molecule has 2 aromatic rings. The monoisotopic (exact) mass is 452 g/mol. The largest absolute Gasteiger partial charge is 0.365 e. The number of carbonyl (C=O) groups excluding carboxylic acids is 2. The highest BCUT2D eigenvalue weighted by Gasteiger charge is 2.71. The molecule has 2 atom stereocenters. The molecule has 2 unspecified atom stereocenters. The van der Waals surface area contributed by atoms with Crippen molar-refractivity contribution in [3.63, 3.8) is 0 Å². The van der Waals surface area contributed by atoms with E-state index < -0.39 is 11.4 Å². The average Bonchev–Trinajstić information content (AvgIpc) is 3.06. The van der Waals surface area contributed by atoms with E-state index in [1.807, 2.05) is 25.1 Å². The summed E-state index contributed by atoms with van der Waals surface area (Å²) in [5.41, 5.74) is 3.01. The van der Waals surface area contributed by atoms with E-state index in [1.165, 1.54) is 5.56 Å². The van der Waals surface area contributed by atoms with Gasteiger partial charge >= 0.3 is 5.97 Å². The second kappa shape index (κ2) is 7.73. The molecular weight excluding hydrogens is 424 g/mol. The molecule has 4 rings (SSSR count). The second-order valence-corrected chi connectivity index (χ2v) is 10.3. The van der Waals surface area contributed by atoms with Crippen molar-refractivity contribution in [3.05, 3.63) is 64.2 Å². The van der Waals surface area contributed by atoms with Crippen molar-refractivity contribution >= 4 is 34.9 Å². The van der Waals surface area contributed by atoms with Gasteiger partial charge in [0.05, 0.1) is 16.7 Å². The van der Waals surface area contributed by atoms with E-state index >= 15 is 0 Å². The fourth-order valence-corrected chi connectivity index (χ4v) is 5.45. The number of oxime groups is 1. The van der Waals surface area contributed by atoms with Gasteiger partial charge in [-0.15, -0.1) is 0 Å². The Morgan fingerprint density at radius 2 is 1.69 bits per heavy atom. The van der Waals surface area contributed by atoms with E-state index in [4.69, 9.17) is 16.4 Å². The molecule has 2 bridgehead atoms. The molecule has 0 spiro atoms. The summed E-state index contributed by atoms with van der Waals surface area (Å²) in [6, 6.07) is 12.5. The van der Waals surface area contributed by atoms with Crippen molar-refractivity contribution in [3.8, 4) is 0 Å². The van der Waals surface area contributed by atoms with Crippen LogP contribution in [0.3, 0.4) is 0 Å². The zero-order chi connectivity index (χ0) is 23.3. The Bertz CT molecular complexity index is 1120. The van der Waals surface area contributed by atoms with E-state index in [-0.39, 0.29) is 16.7 Å². The summed E-state index contributed by atoms with van der Waals surface area (Å²) in [6.45, 7) is 10.5. The Kier molecular flexibility index (Phi) is 5.44. The molecule has 2 fully saturated rings. The van der Waals surface area contributed by atoms with Gasteiger partial charge in [0.25, 0.3) is 0 Å². The summed E-state index contributed by atoms with van der Waals surface area (Å²) in [5.74, 6) is -0.532. The molecule has 2 aliphatic rings. The lowest BCUT2D eigenvalue weighted by atomic mass is 9.64. The van der Waals surface area contributed by atoms with E-state index in [9.17, 15) is 9.59 Å². The Labute approximate surface area is 194 Å². The van der Waals surface area contributed by atoms with Gasteiger partial charge in [-0.05, 0) is 79.6 Å². The third kappa shape index (κ3) is 3.34. The number of hydrogen-bond acceptors (Lipinski definition) is 4. The highest BCUT2D eigenvalue weighted by molar-refractivity contribution is 6.30. The molecule has 2 aromatic carbocycles. The summed E-state index contributed by atoms with van der Waals surface area (Å²) in [7, 11) is 0. The molecule has 6 heteroatoms. The first-order valence-corrected chi connectivity index (χ1v) is 11.3. The normalized spacial score (nSPS) is 26.9. The number of amides is 1. The van der Waals surface area contributed by atoms with Crippen molar-refractivity contribution in [2.45, 2.75) is 53.9 Å². The molecule has 2 aliphatic carbocycles. The van der Waals surface area contributed by atoms with Crippen molar-refractivity contribution in [2.75, 3.05) is 5.32 Å². The standard InChI is InChI=1S/C26H29ClN2O3/c1-16-6-11-20(14-17(16)2)28-23(31)26-13-12-25(5,24(26,3)4)21(15-26)29-32-22(30)18-7-9-19(27)10-8-18/h6-11,14H,12-13,15H2,1-5H3,(H,28,31). The molecule has 0 aliphatic heterocycles. The number of nitrogens with one attached hydrogen (secondary N) is 1. The van der Waals surface area contributed by atoms with Crippen molar-refractivity contribution < 1.29 is 14.4 Å². The third-order valence-electron chi connectivity index (χ3n) is 8.25. The van der Waals surface area contributed by atoms with Gasteiger partial charge in [0.2, 0.25) is 5.91 Å². The van der Waals surface area contributed by atoms with Gasteiger partial charge < -0.3 is 10.2 Å². The molecule has 1 amide bonds. The summed E-state index contributed by atoms with van der Waals surface area (Å²) in [4.78, 5) is 31.4. The van der Waals surface area contributed by atoms with Crippen LogP contribution >= 0.6 is 11.6 Å². The lowest BCUT2D eigenvalue weighted by Gasteiger charge is -2.39. The first kappa shape index (κ1) is 22.5. The molecular formula is C26H29ClN2O3. The lowest BCUT2D eigenvalue weighted by molar-refractivity contribution is -0.130. The highest BCUT2D eigenvalue weighted by Crippen LogP contribution is 2.71. The maximum Gasteiger partial charge on any atom is 0.365 e. The fraction of sp³-hybridized carbons (Fsp3) is 0.423. The van der Waals surface area contributed by atoms with Gasteiger partial charge in [0.15, 0.2) is 0 Å². The molecule has 5 nitrogen and oxygen atoms in total. The van der Waals surface area contributed by atoms with Gasteiger partial charge in [-0.2, -0.15) is 0 Å². The van der Waals surface area contributed by atoms with E-state index in [2.05, 4.69) is 38.2 Å². The van der Waals surface area contributed by atoms with Crippen LogP contribution in [0.1, 0.15) is 61.5 Å². The first-order valence-electron chi connectivity index (χ1n) is 10.9. The average molecular weight is 453 g/mol. The molecule has 0 heterocycles. The number of hydrogen-bond donors (Lipinski definition) is 1. The second-order valence-electron chi connectivity index (χ2n) is 9.89. The van der Waals surface area contributed by atoms with Crippen LogP contribution in [-0.4, -0.2) is 17.6 Å². The number of benzene rings is 2. The van der Waals surface area contributed by atoms with Crippen LogP contribution in [0, 0.1) is 30.1 Å². The number of halogens is 1. The van der Waals surface area contributed by atoms with E-state index in [0.717, 1.165) is 29.8 Å². The Morgan fingerprint density at radius 1 is 1.00 bits per heavy atom. The van der Waals surface area contributed by atoms with Gasteiger partial charge in [-0.1, -0.05) is 43.6 Å². The molecule has 0 radical (unpaired) electrons. The first-order chi connectivity index (χ1) is 15.0. The molecule has 168 valence electrons. The fourth-order valence-electron chi connectivity index (χ4n) is 5.33. The topological polar surface area (TPSA) is 67.8 Å². The van der Waals surface area contributed by atoms with Crippen LogP contribution < -0.4 is 5.32 Å². The Balaban J connectivity index is 1.58. The highest BCUT2D eigenvalue weighted by atomic mass is 35.5. The summed E-state index contributed by atoms with van der Waals surface area (Å²) >= 11 is 5.89. The summed E-state index contributed by atoms with van der Waals surface area (Å²) < 4.78 is 0. The summed E-state index contributed by atoms with van der Waals surface area (Å²) in [6.07, 6.45) is 2.07. The van der Waals surface area contributed by atoms with Gasteiger partial charge in [0.1, 0.15) is 0 Å². The number of nitrogens with zero attached hydrogens (tertiary/aromatic N) is 1. The van der Waals surface area contributed by atoms with E-state index in [0.29, 0.717) is 17.0 Å². The van der Waals surface area contributed by atoms with Crippen molar-refractivity contribution in [1.29, 1.82) is 0 Å². The number of aryl methyl sites for hydroxylation is 2. The van der Waals surface area contributed by atoms with Gasteiger partial charge in [0, 0.05) is 22.5 Å². The minimum absolute atomic E-state index is 0.00343. The molecule has 32 heavy (non-hydrogen) atoms. The maximum atomic E-state index is 13.6. The van der Waals surface area contributed by atoms with Crippen LogP contribution in [0.4, 0.5) is 5.69 Å². The SMILES string of the molecule is Cc1ccc(NC(=O)C23CCC(C)(C(=NOC(=O)c4ccc(Cl)cc4)C2)C3(C)C)cc1C. The minimum Gasteiger partial charge on any atom is -0.326 e. The Morgan fingerprint density at radius 3 is 2.34 bits per heavy atom. The predicted octanol–water partition coefficient (Wildman–Crippen LogP) is 6.32. The van der Waals surface area contributed by atoms with Gasteiger partial charge in [-0.25, -0.2) is 4.79 Å². The number of anilines is 1. The molecule has 0 aromatic heterocycles. The van der Waals surface area contributed by atoms with Crippen LogP contribution in [0.15, 0.2) is 47.6 Å². The van der Waals surface area contributed by atoms with Gasteiger partial charge in [-0.3, -0.25) is 4.79 Å². The predicted molar refractivity (Wildman–Crippen MR) is 127 cm³/mol. The zero-order valence-corrected chi connectivity index (χ0v) is 20.0. The zero-order valence-electron chi connectivity index (χ0n) is 19.2. The summed E-state index contributed by atoms with van der Waals surface area (Å²) in [5, 5.41) is 7.98. The minimum atomic E-state index is -0.605. The molecule has 0 saturated heterocycles. The smallest absolute Gasteiger partial charge is 0.326 e. The number of rotatable bonds is 4. The number of fused-ring (bicyclic) bond motifs is 2. The number of carbonyl (C=O) groups is 2. The third-order valence-corrected chi connectivity index (χ3v) is 8.50. The van der Waals surface area contributed by atoms with E-state index in [1.54, 1.807) is 24.3 Å². The van der Waals surface area contributed by atoms with Crippen molar-refractivity contribution in [2.24, 2.45) is 21.4 Å². The van der Waals surface area contributed by atoms with Crippen LogP contribution in [0.5, 0.6) is 0 Å². The molecule has 2 saturated carbocycles. The lowest BCUT2D eigenvalue weighted by Crippen LogP contribution is -2.43. The molecule has 1 N–H and O–H groups in total.